The average molecular weight is 382 g/mol. The van der Waals surface area contributed by atoms with Gasteiger partial charge in [-0.2, -0.15) is 4.31 Å². The summed E-state index contributed by atoms with van der Waals surface area (Å²) < 4.78 is 33.2. The quantitative estimate of drug-likeness (QED) is 0.767. The van der Waals surface area contributed by atoms with Crippen molar-refractivity contribution in [3.63, 3.8) is 0 Å². The van der Waals surface area contributed by atoms with Crippen molar-refractivity contribution in [3.05, 3.63) is 18.2 Å². The molecule has 0 saturated carbocycles. The highest BCUT2D eigenvalue weighted by molar-refractivity contribution is 7.89. The molecule has 9 heteroatoms. The van der Waals surface area contributed by atoms with E-state index < -0.39 is 16.1 Å². The van der Waals surface area contributed by atoms with Gasteiger partial charge in [-0.05, 0) is 32.4 Å². The van der Waals surface area contributed by atoms with Crippen LogP contribution < -0.4 is 20.7 Å². The van der Waals surface area contributed by atoms with Gasteiger partial charge in [0.1, 0.15) is 18.4 Å². The molecule has 3 rings (SSSR count). The maximum Gasteiger partial charge on any atom is 0.243 e. The molecular weight excluding hydrogens is 356 g/mol. The molecule has 144 valence electrons. The van der Waals surface area contributed by atoms with E-state index in [0.717, 1.165) is 12.2 Å². The highest BCUT2D eigenvalue weighted by Crippen LogP contribution is 2.35. The van der Waals surface area contributed by atoms with Gasteiger partial charge in [-0.3, -0.25) is 4.79 Å². The highest BCUT2D eigenvalue weighted by atomic mass is 32.2. The number of carbonyl (C=O) groups excluding carboxylic acids is 1. The van der Waals surface area contributed by atoms with Crippen molar-refractivity contribution >= 4 is 21.6 Å². The van der Waals surface area contributed by atoms with Crippen LogP contribution >= 0.6 is 0 Å². The standard InChI is InChI=1S/C17H26N4O4S/c1-11(2)19-17(22)15-8-12(18)10-21(15)26(23,24)13-4-5-14-16(9-13)25-7-6-20(14)3/h4-5,9,11-12,15H,6-8,10,18H2,1-3H3,(H,19,22)/t12-,15-/m0/s1. The van der Waals surface area contributed by atoms with E-state index in [4.69, 9.17) is 10.5 Å². The van der Waals surface area contributed by atoms with Crippen LogP contribution in [-0.2, 0) is 14.8 Å². The lowest BCUT2D eigenvalue weighted by Crippen LogP contribution is -2.47. The molecule has 0 aliphatic carbocycles. The van der Waals surface area contributed by atoms with E-state index in [0.29, 0.717) is 18.8 Å². The summed E-state index contributed by atoms with van der Waals surface area (Å²) in [5.41, 5.74) is 6.82. The van der Waals surface area contributed by atoms with Gasteiger partial charge >= 0.3 is 0 Å². The minimum Gasteiger partial charge on any atom is -0.490 e. The van der Waals surface area contributed by atoms with E-state index in [1.165, 1.54) is 10.4 Å². The monoisotopic (exact) mass is 382 g/mol. The predicted molar refractivity (Wildman–Crippen MR) is 98.8 cm³/mol. The van der Waals surface area contributed by atoms with Crippen LogP contribution in [0.1, 0.15) is 20.3 Å². The summed E-state index contributed by atoms with van der Waals surface area (Å²) in [4.78, 5) is 14.6. The van der Waals surface area contributed by atoms with E-state index in [1.807, 2.05) is 25.8 Å². The number of nitrogens with one attached hydrogen (secondary N) is 1. The number of amides is 1. The molecule has 2 atom stereocenters. The van der Waals surface area contributed by atoms with E-state index in [2.05, 4.69) is 5.32 Å². The van der Waals surface area contributed by atoms with E-state index in [-0.39, 0.29) is 29.4 Å². The molecule has 1 aromatic rings. The molecule has 1 amide bonds. The van der Waals surface area contributed by atoms with Crippen LogP contribution in [0, 0.1) is 0 Å². The van der Waals surface area contributed by atoms with Crippen molar-refractivity contribution in [3.8, 4) is 5.75 Å². The van der Waals surface area contributed by atoms with Crippen molar-refractivity contribution in [2.45, 2.75) is 43.3 Å². The Balaban J connectivity index is 1.92. The van der Waals surface area contributed by atoms with Gasteiger partial charge in [0.05, 0.1) is 17.1 Å². The van der Waals surface area contributed by atoms with E-state index in [9.17, 15) is 13.2 Å². The summed E-state index contributed by atoms with van der Waals surface area (Å²) in [6.45, 7) is 5.04. The van der Waals surface area contributed by atoms with Gasteiger partial charge in [0.25, 0.3) is 0 Å². The Morgan fingerprint density at radius 1 is 1.38 bits per heavy atom. The summed E-state index contributed by atoms with van der Waals surface area (Å²) in [5, 5.41) is 2.78. The smallest absolute Gasteiger partial charge is 0.243 e. The number of nitrogens with two attached hydrogens (primary N) is 1. The molecule has 0 radical (unpaired) electrons. The number of benzene rings is 1. The predicted octanol–water partition coefficient (Wildman–Crippen LogP) is 0.130. The molecule has 0 bridgehead atoms. The molecule has 2 aliphatic rings. The van der Waals surface area contributed by atoms with Crippen LogP contribution in [0.15, 0.2) is 23.1 Å². The molecule has 8 nitrogen and oxygen atoms in total. The number of nitrogens with zero attached hydrogens (tertiary/aromatic N) is 2. The highest BCUT2D eigenvalue weighted by Gasteiger charge is 2.43. The maximum atomic E-state index is 13.2. The molecule has 3 N–H and O–H groups in total. The molecule has 26 heavy (non-hydrogen) atoms. The number of carbonyl (C=O) groups is 1. The van der Waals surface area contributed by atoms with Gasteiger partial charge in [0.15, 0.2) is 0 Å². The van der Waals surface area contributed by atoms with Gasteiger partial charge in [-0.15, -0.1) is 0 Å². The molecule has 2 aliphatic heterocycles. The normalized spacial score (nSPS) is 23.7. The Morgan fingerprint density at radius 3 is 2.81 bits per heavy atom. The molecular formula is C17H26N4O4S. The first-order chi connectivity index (χ1) is 12.2. The minimum atomic E-state index is -3.86. The fourth-order valence-corrected chi connectivity index (χ4v) is 5.03. The van der Waals surface area contributed by atoms with Gasteiger partial charge in [-0.25, -0.2) is 8.42 Å². The van der Waals surface area contributed by atoms with Crippen LogP contribution in [0.5, 0.6) is 5.75 Å². The molecule has 2 heterocycles. The lowest BCUT2D eigenvalue weighted by Gasteiger charge is -2.29. The molecule has 0 spiro atoms. The van der Waals surface area contributed by atoms with Crippen LogP contribution in [0.2, 0.25) is 0 Å². The second kappa shape index (κ2) is 7.05. The van der Waals surface area contributed by atoms with Crippen LogP contribution in [-0.4, -0.2) is 63.5 Å². The van der Waals surface area contributed by atoms with E-state index in [1.54, 1.807) is 12.1 Å². The number of sulfonamides is 1. The van der Waals surface area contributed by atoms with Crippen molar-refractivity contribution in [1.29, 1.82) is 0 Å². The summed E-state index contributed by atoms with van der Waals surface area (Å²) in [5.74, 6) is 0.219. The number of fused-ring (bicyclic) bond motifs is 1. The zero-order valence-electron chi connectivity index (χ0n) is 15.3. The van der Waals surface area contributed by atoms with Crippen molar-refractivity contribution in [2.75, 3.05) is 31.6 Å². The van der Waals surface area contributed by atoms with Crippen LogP contribution in [0.3, 0.4) is 0 Å². The number of likely N-dealkylation sites (N-methyl/N-ethyl adjacent to an activating group) is 1. The Hall–Kier alpha value is -1.84. The zero-order valence-corrected chi connectivity index (χ0v) is 16.1. The lowest BCUT2D eigenvalue weighted by molar-refractivity contribution is -0.124. The second-order valence-corrected chi connectivity index (χ2v) is 9.04. The third-order valence-electron chi connectivity index (χ3n) is 4.66. The summed E-state index contributed by atoms with van der Waals surface area (Å²) >= 11 is 0. The Kier molecular flexibility index (Phi) is 5.14. The second-order valence-electron chi connectivity index (χ2n) is 7.15. The SMILES string of the molecule is CC(C)NC(=O)[C@@H]1C[C@H](N)CN1S(=O)(=O)c1ccc2c(c1)OCCN2C. The van der Waals surface area contributed by atoms with E-state index >= 15 is 0 Å². The summed E-state index contributed by atoms with van der Waals surface area (Å²) in [6, 6.07) is 3.59. The number of hydrogen-bond donors (Lipinski definition) is 2. The first kappa shape index (κ1) is 18.9. The number of anilines is 1. The van der Waals surface area contributed by atoms with Crippen molar-refractivity contribution in [1.82, 2.24) is 9.62 Å². The molecule has 1 aromatic carbocycles. The molecule has 1 fully saturated rings. The fraction of sp³-hybridized carbons (Fsp3) is 0.588. The maximum absolute atomic E-state index is 13.2. The van der Waals surface area contributed by atoms with Gasteiger partial charge < -0.3 is 20.7 Å². The molecule has 0 aromatic heterocycles. The topological polar surface area (TPSA) is 105 Å². The number of ether oxygens (including phenoxy) is 1. The van der Waals surface area contributed by atoms with Gasteiger partial charge in [-0.1, -0.05) is 0 Å². The first-order valence-electron chi connectivity index (χ1n) is 8.76. The summed E-state index contributed by atoms with van der Waals surface area (Å²) in [6.07, 6.45) is 0.308. The van der Waals surface area contributed by atoms with Gasteiger partial charge in [0.2, 0.25) is 15.9 Å². The third-order valence-corrected chi connectivity index (χ3v) is 6.53. The Morgan fingerprint density at radius 2 is 2.12 bits per heavy atom. The Labute approximate surface area is 154 Å². The summed E-state index contributed by atoms with van der Waals surface area (Å²) in [7, 11) is -1.93. The molecule has 1 saturated heterocycles. The average Bonchev–Trinajstić information content (AvgIpc) is 2.97. The fourth-order valence-electron chi connectivity index (χ4n) is 3.36. The Bertz CT molecular complexity index is 796. The largest absolute Gasteiger partial charge is 0.490 e. The molecule has 0 unspecified atom stereocenters. The van der Waals surface area contributed by atoms with Crippen molar-refractivity contribution < 1.29 is 17.9 Å². The minimum absolute atomic E-state index is 0.0726. The zero-order chi connectivity index (χ0) is 19.1. The first-order valence-corrected chi connectivity index (χ1v) is 10.2. The lowest BCUT2D eigenvalue weighted by atomic mass is 10.1. The van der Waals surface area contributed by atoms with Crippen LogP contribution in [0.25, 0.3) is 0 Å². The third kappa shape index (κ3) is 3.51. The van der Waals surface area contributed by atoms with Gasteiger partial charge in [0, 0.05) is 31.7 Å². The number of hydrogen-bond acceptors (Lipinski definition) is 6. The number of rotatable bonds is 4. The van der Waals surface area contributed by atoms with Crippen LogP contribution in [0.4, 0.5) is 5.69 Å². The van der Waals surface area contributed by atoms with Crippen molar-refractivity contribution in [2.24, 2.45) is 5.73 Å².